The molecule has 0 aliphatic heterocycles. The summed E-state index contributed by atoms with van der Waals surface area (Å²) in [6, 6.07) is 11.5. The van der Waals surface area contributed by atoms with E-state index in [0.29, 0.717) is 35.5 Å². The quantitative estimate of drug-likeness (QED) is 0.248. The standard InChI is InChI=1S/C28H31F3N4O4/c1-5-27(6-2,26(36)37)15-25-32-23-10-9-21(38-17-20-11-12-34(4)33-20)14-24(23)35(25)16-19-7-8-22(13-18(19)3)39-28(29,30)31/h7-14H,5-6,15-17H2,1-4H3,(H,36,37). The highest BCUT2D eigenvalue weighted by atomic mass is 19.4. The average molecular weight is 545 g/mol. The Bertz CT molecular complexity index is 1470. The fourth-order valence-electron chi connectivity index (χ4n) is 4.64. The third-order valence-corrected chi connectivity index (χ3v) is 7.13. The zero-order chi connectivity index (χ0) is 28.4. The van der Waals surface area contributed by atoms with Crippen molar-refractivity contribution in [3.63, 3.8) is 0 Å². The first kappa shape index (κ1) is 28.0. The number of carbonyl (C=O) groups is 1. The van der Waals surface area contributed by atoms with Crippen molar-refractivity contribution in [3.8, 4) is 11.5 Å². The van der Waals surface area contributed by atoms with Crippen molar-refractivity contribution in [1.29, 1.82) is 0 Å². The fraction of sp³-hybridized carbons (Fsp3) is 0.393. The van der Waals surface area contributed by atoms with Crippen LogP contribution in [0, 0.1) is 12.3 Å². The molecule has 39 heavy (non-hydrogen) atoms. The summed E-state index contributed by atoms with van der Waals surface area (Å²) < 4.78 is 51.7. The van der Waals surface area contributed by atoms with E-state index in [1.807, 2.05) is 49.9 Å². The number of hydrogen-bond acceptors (Lipinski definition) is 5. The number of fused-ring (bicyclic) bond motifs is 1. The largest absolute Gasteiger partial charge is 0.573 e. The fourth-order valence-corrected chi connectivity index (χ4v) is 4.64. The molecule has 0 amide bonds. The number of nitrogens with zero attached hydrogens (tertiary/aromatic N) is 4. The highest BCUT2D eigenvalue weighted by Crippen LogP contribution is 2.34. The predicted octanol–water partition coefficient (Wildman–Crippen LogP) is 6.04. The van der Waals surface area contributed by atoms with Gasteiger partial charge in [-0.25, -0.2) is 4.98 Å². The molecule has 0 spiro atoms. The lowest BCUT2D eigenvalue weighted by Crippen LogP contribution is -2.33. The van der Waals surface area contributed by atoms with E-state index in [4.69, 9.17) is 9.72 Å². The van der Waals surface area contributed by atoms with Gasteiger partial charge in [-0.1, -0.05) is 19.9 Å². The second-order valence-electron chi connectivity index (χ2n) is 9.64. The molecule has 0 unspecified atom stereocenters. The molecule has 2 aromatic carbocycles. The van der Waals surface area contributed by atoms with Crippen molar-refractivity contribution >= 4 is 17.0 Å². The maximum absolute atomic E-state index is 12.7. The van der Waals surface area contributed by atoms with Crippen LogP contribution in [0.4, 0.5) is 13.2 Å². The van der Waals surface area contributed by atoms with Crippen molar-refractivity contribution in [1.82, 2.24) is 19.3 Å². The van der Waals surface area contributed by atoms with Crippen LogP contribution in [0.5, 0.6) is 11.5 Å². The Balaban J connectivity index is 1.74. The van der Waals surface area contributed by atoms with E-state index in [1.165, 1.54) is 12.1 Å². The number of ether oxygens (including phenoxy) is 2. The summed E-state index contributed by atoms with van der Waals surface area (Å²) in [5.41, 5.74) is 2.50. The Morgan fingerprint density at radius 1 is 1.05 bits per heavy atom. The zero-order valence-electron chi connectivity index (χ0n) is 22.2. The number of aliphatic carboxylic acids is 1. The van der Waals surface area contributed by atoms with Gasteiger partial charge in [-0.2, -0.15) is 5.10 Å². The summed E-state index contributed by atoms with van der Waals surface area (Å²) in [5, 5.41) is 14.4. The molecular formula is C28H31F3N4O4. The molecule has 8 nitrogen and oxygen atoms in total. The Hall–Kier alpha value is -4.02. The lowest BCUT2D eigenvalue weighted by atomic mass is 9.79. The summed E-state index contributed by atoms with van der Waals surface area (Å²) >= 11 is 0. The summed E-state index contributed by atoms with van der Waals surface area (Å²) in [6.07, 6.45) is -1.92. The smallest absolute Gasteiger partial charge is 0.487 e. The molecule has 11 heteroatoms. The van der Waals surface area contributed by atoms with Gasteiger partial charge >= 0.3 is 12.3 Å². The van der Waals surface area contributed by atoms with E-state index in [9.17, 15) is 23.1 Å². The van der Waals surface area contributed by atoms with Crippen LogP contribution < -0.4 is 9.47 Å². The van der Waals surface area contributed by atoms with Crippen molar-refractivity contribution in [2.75, 3.05) is 0 Å². The van der Waals surface area contributed by atoms with Gasteiger partial charge in [-0.15, -0.1) is 13.2 Å². The van der Waals surface area contributed by atoms with Crippen LogP contribution in [0.2, 0.25) is 0 Å². The maximum Gasteiger partial charge on any atom is 0.573 e. The lowest BCUT2D eigenvalue weighted by molar-refractivity contribution is -0.274. The van der Waals surface area contributed by atoms with Crippen molar-refractivity contribution < 1.29 is 32.5 Å². The van der Waals surface area contributed by atoms with E-state index in [2.05, 4.69) is 9.84 Å². The first-order valence-electron chi connectivity index (χ1n) is 12.6. The van der Waals surface area contributed by atoms with Crippen molar-refractivity contribution in [3.05, 3.63) is 71.3 Å². The van der Waals surface area contributed by atoms with Gasteiger partial charge in [0.25, 0.3) is 0 Å². The number of aromatic nitrogens is 4. The average Bonchev–Trinajstić information content (AvgIpc) is 3.44. The van der Waals surface area contributed by atoms with E-state index in [1.54, 1.807) is 23.7 Å². The van der Waals surface area contributed by atoms with Gasteiger partial charge < -0.3 is 19.1 Å². The molecule has 0 bridgehead atoms. The zero-order valence-corrected chi connectivity index (χ0v) is 22.2. The van der Waals surface area contributed by atoms with E-state index in [-0.39, 0.29) is 25.3 Å². The van der Waals surface area contributed by atoms with Gasteiger partial charge in [0, 0.05) is 32.3 Å². The van der Waals surface area contributed by atoms with Gasteiger partial charge in [-0.3, -0.25) is 9.48 Å². The number of hydrogen-bond donors (Lipinski definition) is 1. The molecule has 2 aromatic heterocycles. The van der Waals surface area contributed by atoms with Crippen LogP contribution in [0.3, 0.4) is 0 Å². The number of imidazole rings is 1. The summed E-state index contributed by atoms with van der Waals surface area (Å²) in [6.45, 7) is 5.94. The summed E-state index contributed by atoms with van der Waals surface area (Å²) in [7, 11) is 1.82. The predicted molar refractivity (Wildman–Crippen MR) is 139 cm³/mol. The number of aryl methyl sites for hydroxylation is 2. The number of halogens is 3. The van der Waals surface area contributed by atoms with Crippen LogP contribution in [-0.4, -0.2) is 36.8 Å². The second kappa shape index (κ2) is 11.0. The SMILES string of the molecule is CCC(CC)(Cc1nc2ccc(OCc3ccn(C)n3)cc2n1Cc1ccc(OC(F)(F)F)cc1C)C(=O)O. The minimum atomic E-state index is -4.78. The van der Waals surface area contributed by atoms with Crippen LogP contribution in [0.15, 0.2) is 48.7 Å². The molecule has 0 saturated carbocycles. The number of rotatable bonds is 11. The first-order chi connectivity index (χ1) is 18.4. The molecule has 0 radical (unpaired) electrons. The second-order valence-corrected chi connectivity index (χ2v) is 9.64. The summed E-state index contributed by atoms with van der Waals surface area (Å²) in [5.74, 6) is -0.0307. The number of alkyl halides is 3. The molecule has 0 aliphatic carbocycles. The first-order valence-corrected chi connectivity index (χ1v) is 12.6. The molecule has 0 atom stereocenters. The highest BCUT2D eigenvalue weighted by Gasteiger charge is 2.37. The Morgan fingerprint density at radius 3 is 2.36 bits per heavy atom. The Kier molecular flexibility index (Phi) is 7.89. The molecule has 4 aromatic rings. The third-order valence-electron chi connectivity index (χ3n) is 7.13. The van der Waals surface area contributed by atoms with Crippen LogP contribution in [0.1, 0.15) is 49.3 Å². The maximum atomic E-state index is 12.7. The number of carboxylic acid groups (broad SMARTS) is 1. The number of carboxylic acids is 1. The van der Waals surface area contributed by atoms with E-state index in [0.717, 1.165) is 16.8 Å². The minimum absolute atomic E-state index is 0.197. The molecule has 0 aliphatic rings. The van der Waals surface area contributed by atoms with Crippen molar-refractivity contribution in [2.24, 2.45) is 12.5 Å². The monoisotopic (exact) mass is 544 g/mol. The van der Waals surface area contributed by atoms with Gasteiger partial charge in [0.15, 0.2) is 0 Å². The van der Waals surface area contributed by atoms with E-state index >= 15 is 0 Å². The number of benzene rings is 2. The highest BCUT2D eigenvalue weighted by molar-refractivity contribution is 5.79. The molecule has 0 saturated heterocycles. The van der Waals surface area contributed by atoms with Crippen LogP contribution >= 0.6 is 0 Å². The third kappa shape index (κ3) is 6.35. The topological polar surface area (TPSA) is 91.4 Å². The van der Waals surface area contributed by atoms with Crippen molar-refractivity contribution in [2.45, 2.75) is 59.5 Å². The molecule has 208 valence electrons. The summed E-state index contributed by atoms with van der Waals surface area (Å²) in [4.78, 5) is 17.1. The minimum Gasteiger partial charge on any atom is -0.487 e. The van der Waals surface area contributed by atoms with Gasteiger partial charge in [0.05, 0.1) is 22.1 Å². The molecular weight excluding hydrogens is 513 g/mol. The molecule has 0 fully saturated rings. The lowest BCUT2D eigenvalue weighted by Gasteiger charge is -2.26. The van der Waals surface area contributed by atoms with Gasteiger partial charge in [-0.05, 0) is 61.2 Å². The van der Waals surface area contributed by atoms with E-state index < -0.39 is 17.7 Å². The Morgan fingerprint density at radius 2 is 1.77 bits per heavy atom. The van der Waals surface area contributed by atoms with Gasteiger partial charge in [0.1, 0.15) is 23.9 Å². The molecule has 1 N–H and O–H groups in total. The molecule has 2 heterocycles. The van der Waals surface area contributed by atoms with Gasteiger partial charge in [0.2, 0.25) is 0 Å². The molecule has 4 rings (SSSR count). The van der Waals surface area contributed by atoms with Crippen LogP contribution in [0.25, 0.3) is 11.0 Å². The Labute approximate surface area is 224 Å². The van der Waals surface area contributed by atoms with Crippen LogP contribution in [-0.2, 0) is 31.4 Å². The normalized spacial score (nSPS) is 12.2.